The summed E-state index contributed by atoms with van der Waals surface area (Å²) in [6.07, 6.45) is 7.41. The Hall–Kier alpha value is -3.08. The van der Waals surface area contributed by atoms with Gasteiger partial charge >= 0.3 is 0 Å². The summed E-state index contributed by atoms with van der Waals surface area (Å²) in [5.41, 5.74) is 5.94. The van der Waals surface area contributed by atoms with E-state index in [-0.39, 0.29) is 0 Å². The normalized spacial score (nSPS) is 11.1. The molecule has 0 spiro atoms. The van der Waals surface area contributed by atoms with Gasteiger partial charge in [-0.2, -0.15) is 0 Å². The van der Waals surface area contributed by atoms with Crippen LogP contribution < -0.4 is 0 Å². The molecule has 124 valence electrons. The molecule has 0 saturated heterocycles. The number of pyridine rings is 3. The number of hydrogen-bond donors (Lipinski definition) is 0. The Bertz CT molecular complexity index is 1020. The van der Waals surface area contributed by atoms with E-state index < -0.39 is 0 Å². The van der Waals surface area contributed by atoms with E-state index in [9.17, 15) is 0 Å². The third-order valence-electron chi connectivity index (χ3n) is 4.30. The molecule has 0 unspecified atom stereocenters. The largest absolute Gasteiger partial charge is 0.337 e. The van der Waals surface area contributed by atoms with Gasteiger partial charge in [0.2, 0.25) is 0 Å². The van der Waals surface area contributed by atoms with Crippen molar-refractivity contribution in [1.29, 1.82) is 0 Å². The fraction of sp³-hybridized carbons (Fsp3) is 0.200. The predicted octanol–water partition coefficient (Wildman–Crippen LogP) is 3.52. The van der Waals surface area contributed by atoms with Crippen LogP contribution in [0.15, 0.2) is 55.0 Å². The number of aromatic nitrogens is 5. The second kappa shape index (κ2) is 6.43. The molecule has 0 aromatic carbocycles. The summed E-state index contributed by atoms with van der Waals surface area (Å²) in [6, 6.07) is 12.1. The van der Waals surface area contributed by atoms with Crippen molar-refractivity contribution in [2.24, 2.45) is 7.05 Å². The van der Waals surface area contributed by atoms with Crippen LogP contribution in [0.4, 0.5) is 0 Å². The maximum atomic E-state index is 4.77. The van der Waals surface area contributed by atoms with E-state index in [2.05, 4.69) is 31.8 Å². The molecule has 0 fully saturated rings. The lowest BCUT2D eigenvalue weighted by molar-refractivity contribution is 0.763. The molecule has 0 radical (unpaired) electrons. The van der Waals surface area contributed by atoms with Gasteiger partial charge in [0.15, 0.2) is 0 Å². The molecule has 4 aromatic rings. The first-order valence-electron chi connectivity index (χ1n) is 8.35. The summed E-state index contributed by atoms with van der Waals surface area (Å²) in [5.74, 6) is 1.05. The first-order valence-corrected chi connectivity index (χ1v) is 8.35. The van der Waals surface area contributed by atoms with Crippen molar-refractivity contribution in [2.45, 2.75) is 19.8 Å². The van der Waals surface area contributed by atoms with E-state index in [1.54, 1.807) is 6.20 Å². The fourth-order valence-corrected chi connectivity index (χ4v) is 2.87. The lowest BCUT2D eigenvalue weighted by atomic mass is 10.2. The van der Waals surface area contributed by atoms with Crippen LogP contribution in [0.25, 0.3) is 22.3 Å². The first-order chi connectivity index (χ1) is 12.2. The van der Waals surface area contributed by atoms with Gasteiger partial charge in [0.25, 0.3) is 0 Å². The zero-order valence-corrected chi connectivity index (χ0v) is 14.3. The predicted molar refractivity (Wildman–Crippen MR) is 98.1 cm³/mol. The lowest BCUT2D eigenvalue weighted by Crippen LogP contribution is -2.01. The molecule has 25 heavy (non-hydrogen) atoms. The van der Waals surface area contributed by atoms with Crippen LogP contribution in [0.5, 0.6) is 0 Å². The number of imidazole rings is 1. The van der Waals surface area contributed by atoms with E-state index in [1.165, 1.54) is 0 Å². The summed E-state index contributed by atoms with van der Waals surface area (Å²) in [4.78, 5) is 18.1. The van der Waals surface area contributed by atoms with Crippen LogP contribution in [0, 0.1) is 6.92 Å². The Balaban J connectivity index is 1.53. The van der Waals surface area contributed by atoms with Crippen molar-refractivity contribution < 1.29 is 0 Å². The zero-order valence-electron chi connectivity index (χ0n) is 14.3. The second-order valence-electron chi connectivity index (χ2n) is 6.19. The van der Waals surface area contributed by atoms with Crippen LogP contribution in [0.2, 0.25) is 0 Å². The maximum absolute atomic E-state index is 4.77. The van der Waals surface area contributed by atoms with Crippen LogP contribution in [0.1, 0.15) is 17.2 Å². The number of hydrogen-bond acceptors (Lipinski definition) is 4. The Morgan fingerprint density at radius 3 is 2.68 bits per heavy atom. The van der Waals surface area contributed by atoms with Gasteiger partial charge in [-0.25, -0.2) is 4.98 Å². The van der Waals surface area contributed by atoms with Crippen molar-refractivity contribution in [3.63, 3.8) is 0 Å². The molecule has 0 aliphatic carbocycles. The van der Waals surface area contributed by atoms with Crippen molar-refractivity contribution in [3.8, 4) is 11.3 Å². The highest BCUT2D eigenvalue weighted by atomic mass is 15.0. The SMILES string of the molecule is Cc1ccc(-c2cn(C)c(CCc3ccc4ncccc4n3)n2)cn1. The highest BCUT2D eigenvalue weighted by Gasteiger charge is 2.09. The number of fused-ring (bicyclic) bond motifs is 1. The maximum Gasteiger partial charge on any atom is 0.109 e. The van der Waals surface area contributed by atoms with Gasteiger partial charge in [0.1, 0.15) is 5.82 Å². The number of nitrogens with zero attached hydrogens (tertiary/aromatic N) is 5. The molecular weight excluding hydrogens is 310 g/mol. The number of rotatable bonds is 4. The lowest BCUT2D eigenvalue weighted by Gasteiger charge is -2.03. The Labute approximate surface area is 146 Å². The van der Waals surface area contributed by atoms with E-state index in [0.29, 0.717) is 0 Å². The van der Waals surface area contributed by atoms with E-state index in [0.717, 1.165) is 52.3 Å². The van der Waals surface area contributed by atoms with Crippen LogP contribution in [0.3, 0.4) is 0 Å². The molecule has 4 rings (SSSR count). The fourth-order valence-electron chi connectivity index (χ4n) is 2.87. The van der Waals surface area contributed by atoms with Crippen LogP contribution in [-0.4, -0.2) is 24.5 Å². The van der Waals surface area contributed by atoms with Crippen molar-refractivity contribution >= 4 is 11.0 Å². The molecule has 0 N–H and O–H groups in total. The van der Waals surface area contributed by atoms with Crippen LogP contribution in [-0.2, 0) is 19.9 Å². The summed E-state index contributed by atoms with van der Waals surface area (Å²) in [7, 11) is 2.03. The van der Waals surface area contributed by atoms with Gasteiger partial charge in [0, 0.05) is 49.0 Å². The van der Waals surface area contributed by atoms with Crippen LogP contribution >= 0.6 is 0 Å². The Morgan fingerprint density at radius 1 is 0.920 bits per heavy atom. The quantitative estimate of drug-likeness (QED) is 0.575. The summed E-state index contributed by atoms with van der Waals surface area (Å²) in [5, 5.41) is 0. The molecular formula is C20H19N5. The van der Waals surface area contributed by atoms with Crippen molar-refractivity contribution in [2.75, 3.05) is 0 Å². The van der Waals surface area contributed by atoms with Gasteiger partial charge in [-0.1, -0.05) is 0 Å². The minimum absolute atomic E-state index is 0.842. The van der Waals surface area contributed by atoms with Gasteiger partial charge in [-0.05, 0) is 49.7 Å². The first kappa shape index (κ1) is 15.4. The molecule has 0 bridgehead atoms. The van der Waals surface area contributed by atoms with E-state index >= 15 is 0 Å². The second-order valence-corrected chi connectivity index (χ2v) is 6.19. The summed E-state index contributed by atoms with van der Waals surface area (Å²) in [6.45, 7) is 1.99. The third kappa shape index (κ3) is 3.26. The molecule has 0 saturated carbocycles. The van der Waals surface area contributed by atoms with E-state index in [4.69, 9.17) is 4.98 Å². The molecule has 0 amide bonds. The van der Waals surface area contributed by atoms with Gasteiger partial charge < -0.3 is 4.57 Å². The molecule has 0 aliphatic heterocycles. The minimum atomic E-state index is 0.842. The number of aryl methyl sites for hydroxylation is 4. The standard InChI is InChI=1S/C20H19N5/c1-14-5-6-15(12-22-14)19-13-25(2)20(24-19)10-8-16-7-9-17-18(23-16)4-3-11-21-17/h3-7,9,11-13H,8,10H2,1-2H3. The molecule has 4 aromatic heterocycles. The molecule has 0 atom stereocenters. The van der Waals surface area contributed by atoms with Gasteiger partial charge in [-0.15, -0.1) is 0 Å². The highest BCUT2D eigenvalue weighted by molar-refractivity contribution is 5.73. The monoisotopic (exact) mass is 329 g/mol. The Kier molecular flexibility index (Phi) is 3.98. The van der Waals surface area contributed by atoms with E-state index in [1.807, 2.05) is 50.5 Å². The smallest absolute Gasteiger partial charge is 0.109 e. The molecule has 4 heterocycles. The third-order valence-corrected chi connectivity index (χ3v) is 4.30. The summed E-state index contributed by atoms with van der Waals surface area (Å²) >= 11 is 0. The molecule has 0 aliphatic rings. The molecule has 5 heteroatoms. The minimum Gasteiger partial charge on any atom is -0.337 e. The topological polar surface area (TPSA) is 56.5 Å². The van der Waals surface area contributed by atoms with Gasteiger partial charge in [0.05, 0.1) is 16.7 Å². The van der Waals surface area contributed by atoms with Gasteiger partial charge in [-0.3, -0.25) is 15.0 Å². The van der Waals surface area contributed by atoms with Crippen molar-refractivity contribution in [1.82, 2.24) is 24.5 Å². The zero-order chi connectivity index (χ0) is 17.2. The average molecular weight is 329 g/mol. The van der Waals surface area contributed by atoms with Crippen molar-refractivity contribution in [3.05, 3.63) is 72.2 Å². The average Bonchev–Trinajstić information content (AvgIpc) is 3.01. The Morgan fingerprint density at radius 2 is 1.84 bits per heavy atom. The summed E-state index contributed by atoms with van der Waals surface area (Å²) < 4.78 is 2.08. The highest BCUT2D eigenvalue weighted by Crippen LogP contribution is 2.18. The molecule has 5 nitrogen and oxygen atoms in total.